The molecular formula is C11H13BrFNO. The molecule has 1 atom stereocenters. The van der Waals surface area contributed by atoms with E-state index in [1.54, 1.807) is 6.07 Å². The number of aliphatic hydroxyl groups excluding tert-OH is 1. The van der Waals surface area contributed by atoms with Crippen LogP contribution in [0.4, 0.5) is 4.39 Å². The fourth-order valence-electron chi connectivity index (χ4n) is 1.45. The Morgan fingerprint density at radius 1 is 1.53 bits per heavy atom. The summed E-state index contributed by atoms with van der Waals surface area (Å²) in [6.45, 7) is 0.523. The second-order valence-corrected chi connectivity index (χ2v) is 4.72. The summed E-state index contributed by atoms with van der Waals surface area (Å²) in [4.78, 5) is 0. The fourth-order valence-corrected chi connectivity index (χ4v) is 2.06. The minimum Gasteiger partial charge on any atom is -0.387 e. The van der Waals surface area contributed by atoms with E-state index in [4.69, 9.17) is 0 Å². The first-order valence-electron chi connectivity index (χ1n) is 5.03. The molecule has 0 amide bonds. The summed E-state index contributed by atoms with van der Waals surface area (Å²) < 4.78 is 13.4. The Morgan fingerprint density at radius 2 is 2.27 bits per heavy atom. The first-order chi connectivity index (χ1) is 7.16. The topological polar surface area (TPSA) is 32.3 Å². The third kappa shape index (κ3) is 3.00. The van der Waals surface area contributed by atoms with Crippen LogP contribution in [0.25, 0.3) is 0 Å². The van der Waals surface area contributed by atoms with E-state index in [1.807, 2.05) is 0 Å². The van der Waals surface area contributed by atoms with E-state index in [-0.39, 0.29) is 5.82 Å². The molecule has 1 aromatic rings. The molecule has 1 aliphatic rings. The van der Waals surface area contributed by atoms with Gasteiger partial charge < -0.3 is 10.4 Å². The molecule has 0 saturated heterocycles. The van der Waals surface area contributed by atoms with Gasteiger partial charge in [0.1, 0.15) is 5.82 Å². The summed E-state index contributed by atoms with van der Waals surface area (Å²) >= 11 is 3.24. The van der Waals surface area contributed by atoms with E-state index in [9.17, 15) is 9.50 Å². The molecule has 1 aromatic carbocycles. The SMILES string of the molecule is OC(CNC1CC1)c1ccc(F)cc1Br. The van der Waals surface area contributed by atoms with Crippen molar-refractivity contribution in [1.82, 2.24) is 5.32 Å². The van der Waals surface area contributed by atoms with Crippen molar-refractivity contribution in [1.29, 1.82) is 0 Å². The molecule has 2 rings (SSSR count). The smallest absolute Gasteiger partial charge is 0.124 e. The molecule has 0 radical (unpaired) electrons. The number of hydrogen-bond donors (Lipinski definition) is 2. The Balaban J connectivity index is 1.99. The maximum Gasteiger partial charge on any atom is 0.124 e. The normalized spacial score (nSPS) is 17.8. The molecule has 0 bridgehead atoms. The molecule has 82 valence electrons. The first-order valence-corrected chi connectivity index (χ1v) is 5.82. The molecule has 15 heavy (non-hydrogen) atoms. The van der Waals surface area contributed by atoms with Gasteiger partial charge in [-0.1, -0.05) is 22.0 Å². The highest BCUT2D eigenvalue weighted by molar-refractivity contribution is 9.10. The third-order valence-corrected chi connectivity index (χ3v) is 3.19. The van der Waals surface area contributed by atoms with Gasteiger partial charge >= 0.3 is 0 Å². The molecule has 1 aliphatic carbocycles. The number of aliphatic hydroxyl groups is 1. The van der Waals surface area contributed by atoms with Gasteiger partial charge in [0.25, 0.3) is 0 Å². The van der Waals surface area contributed by atoms with Crippen molar-refractivity contribution >= 4 is 15.9 Å². The van der Waals surface area contributed by atoms with Crippen molar-refractivity contribution < 1.29 is 9.50 Å². The predicted octanol–water partition coefficient (Wildman–Crippen LogP) is 2.37. The number of rotatable bonds is 4. The van der Waals surface area contributed by atoms with Crippen LogP contribution in [0.2, 0.25) is 0 Å². The van der Waals surface area contributed by atoms with E-state index in [2.05, 4.69) is 21.2 Å². The highest BCUT2D eigenvalue weighted by Gasteiger charge is 2.22. The van der Waals surface area contributed by atoms with Crippen LogP contribution in [0, 0.1) is 5.82 Å². The summed E-state index contributed by atoms with van der Waals surface area (Å²) in [7, 11) is 0. The Kier molecular flexibility index (Phi) is 3.38. The van der Waals surface area contributed by atoms with Crippen LogP contribution >= 0.6 is 15.9 Å². The highest BCUT2D eigenvalue weighted by Crippen LogP contribution is 2.25. The van der Waals surface area contributed by atoms with Gasteiger partial charge in [-0.2, -0.15) is 0 Å². The maximum atomic E-state index is 12.8. The summed E-state index contributed by atoms with van der Waals surface area (Å²) in [5.41, 5.74) is 0.726. The Hall–Kier alpha value is -0.450. The number of benzene rings is 1. The largest absolute Gasteiger partial charge is 0.387 e. The lowest BCUT2D eigenvalue weighted by Gasteiger charge is -2.13. The van der Waals surface area contributed by atoms with E-state index in [1.165, 1.54) is 25.0 Å². The van der Waals surface area contributed by atoms with Gasteiger partial charge in [-0.25, -0.2) is 4.39 Å². The molecule has 1 saturated carbocycles. The Labute approximate surface area is 96.6 Å². The summed E-state index contributed by atoms with van der Waals surface area (Å²) in [6.07, 6.45) is 1.80. The van der Waals surface area contributed by atoms with Crippen molar-refractivity contribution in [2.75, 3.05) is 6.54 Å². The van der Waals surface area contributed by atoms with Gasteiger partial charge in [0.2, 0.25) is 0 Å². The van der Waals surface area contributed by atoms with Gasteiger partial charge in [-0.3, -0.25) is 0 Å². The monoisotopic (exact) mass is 273 g/mol. The Bertz CT molecular complexity index is 354. The number of halogens is 2. The number of hydrogen-bond acceptors (Lipinski definition) is 2. The molecule has 2 N–H and O–H groups in total. The van der Waals surface area contributed by atoms with Crippen molar-refractivity contribution in [3.63, 3.8) is 0 Å². The lowest BCUT2D eigenvalue weighted by atomic mass is 10.1. The second-order valence-electron chi connectivity index (χ2n) is 3.86. The van der Waals surface area contributed by atoms with E-state index >= 15 is 0 Å². The zero-order chi connectivity index (χ0) is 10.8. The molecule has 1 fully saturated rings. The lowest BCUT2D eigenvalue weighted by Crippen LogP contribution is -2.23. The van der Waals surface area contributed by atoms with Crippen LogP contribution in [0.1, 0.15) is 24.5 Å². The van der Waals surface area contributed by atoms with Crippen molar-refractivity contribution in [3.8, 4) is 0 Å². The molecule has 0 heterocycles. The van der Waals surface area contributed by atoms with E-state index in [0.717, 1.165) is 5.56 Å². The molecule has 1 unspecified atom stereocenters. The molecule has 0 aromatic heterocycles. The van der Waals surface area contributed by atoms with Crippen LogP contribution in [0.3, 0.4) is 0 Å². The van der Waals surface area contributed by atoms with Crippen LogP contribution in [0.5, 0.6) is 0 Å². The molecule has 2 nitrogen and oxygen atoms in total. The third-order valence-electron chi connectivity index (χ3n) is 2.50. The summed E-state index contributed by atoms with van der Waals surface area (Å²) in [6, 6.07) is 4.91. The lowest BCUT2D eigenvalue weighted by molar-refractivity contribution is 0.173. The average Bonchev–Trinajstić information content (AvgIpc) is 2.97. The molecule has 4 heteroatoms. The minimum atomic E-state index is -0.583. The number of nitrogens with one attached hydrogen (secondary N) is 1. The summed E-state index contributed by atoms with van der Waals surface area (Å²) in [5.74, 6) is -0.298. The summed E-state index contributed by atoms with van der Waals surface area (Å²) in [5, 5.41) is 13.1. The van der Waals surface area contributed by atoms with Crippen molar-refractivity contribution in [3.05, 3.63) is 34.1 Å². The van der Waals surface area contributed by atoms with E-state index < -0.39 is 6.10 Å². The van der Waals surface area contributed by atoms with E-state index in [0.29, 0.717) is 17.1 Å². The fraction of sp³-hybridized carbons (Fsp3) is 0.455. The standard InChI is InChI=1S/C11H13BrFNO/c12-10-5-7(13)1-4-9(10)11(15)6-14-8-2-3-8/h1,4-5,8,11,14-15H,2-3,6H2. The van der Waals surface area contributed by atoms with Gasteiger partial charge in [0, 0.05) is 17.1 Å². The van der Waals surface area contributed by atoms with Gasteiger partial charge in [0.05, 0.1) is 6.10 Å². The highest BCUT2D eigenvalue weighted by atomic mass is 79.9. The van der Waals surface area contributed by atoms with Crippen LogP contribution < -0.4 is 5.32 Å². The maximum absolute atomic E-state index is 12.8. The average molecular weight is 274 g/mol. The molecular weight excluding hydrogens is 261 g/mol. The Morgan fingerprint density at radius 3 is 2.87 bits per heavy atom. The van der Waals surface area contributed by atoms with Gasteiger partial charge in [-0.05, 0) is 30.5 Å². The predicted molar refractivity (Wildman–Crippen MR) is 60.1 cm³/mol. The van der Waals surface area contributed by atoms with Crippen LogP contribution in [-0.4, -0.2) is 17.7 Å². The second kappa shape index (κ2) is 4.60. The molecule has 0 aliphatic heterocycles. The molecule has 0 spiro atoms. The zero-order valence-electron chi connectivity index (χ0n) is 8.21. The quantitative estimate of drug-likeness (QED) is 0.883. The van der Waals surface area contributed by atoms with Gasteiger partial charge in [-0.15, -0.1) is 0 Å². The van der Waals surface area contributed by atoms with Crippen LogP contribution in [-0.2, 0) is 0 Å². The van der Waals surface area contributed by atoms with Crippen molar-refractivity contribution in [2.45, 2.75) is 25.0 Å². The van der Waals surface area contributed by atoms with Gasteiger partial charge in [0.15, 0.2) is 0 Å². The zero-order valence-corrected chi connectivity index (χ0v) is 9.80. The minimum absolute atomic E-state index is 0.298. The van der Waals surface area contributed by atoms with Crippen molar-refractivity contribution in [2.24, 2.45) is 0 Å². The first kappa shape index (κ1) is 11.0. The van der Waals surface area contributed by atoms with Crippen LogP contribution in [0.15, 0.2) is 22.7 Å².